The van der Waals surface area contributed by atoms with E-state index >= 15 is 0 Å². The zero-order chi connectivity index (χ0) is 22.9. The number of amides is 2. The monoisotopic (exact) mass is 452 g/mol. The summed E-state index contributed by atoms with van der Waals surface area (Å²) < 4.78 is 10.9. The van der Waals surface area contributed by atoms with E-state index in [9.17, 15) is 14.4 Å². The molecule has 3 aromatic rings. The fourth-order valence-electron chi connectivity index (χ4n) is 2.93. The Bertz CT molecular complexity index is 1090. The lowest BCUT2D eigenvalue weighted by Gasteiger charge is -2.18. The first-order chi connectivity index (χ1) is 15.4. The molecule has 0 bridgehead atoms. The second-order valence-electron chi connectivity index (χ2n) is 6.84. The molecule has 0 saturated heterocycles. The van der Waals surface area contributed by atoms with Gasteiger partial charge >= 0.3 is 12.0 Å². The van der Waals surface area contributed by atoms with Gasteiger partial charge in [-0.25, -0.2) is 4.79 Å². The van der Waals surface area contributed by atoms with Crippen LogP contribution in [0.25, 0.3) is 0 Å². The molecular weight excluding hydrogens is 432 g/mol. The molecule has 164 valence electrons. The number of halogens is 1. The highest BCUT2D eigenvalue weighted by molar-refractivity contribution is 6.30. The number of rotatable bonds is 9. The summed E-state index contributed by atoms with van der Waals surface area (Å²) >= 11 is 5.81. The van der Waals surface area contributed by atoms with Crippen LogP contribution in [0.2, 0.25) is 5.02 Å². The molecular formula is C24H21ClN2O5. The van der Waals surface area contributed by atoms with Crippen LogP contribution in [0.3, 0.4) is 0 Å². The lowest BCUT2D eigenvalue weighted by atomic mass is 10.0. The summed E-state index contributed by atoms with van der Waals surface area (Å²) in [6.45, 7) is -0.430. The molecule has 32 heavy (non-hydrogen) atoms. The molecule has 0 aliphatic heterocycles. The number of nitrogens with two attached hydrogens (primary N) is 1. The maximum atomic E-state index is 12.4. The van der Waals surface area contributed by atoms with Crippen LogP contribution in [0.4, 0.5) is 4.79 Å². The number of esters is 1. The third kappa shape index (κ3) is 6.85. The highest BCUT2D eigenvalue weighted by Crippen LogP contribution is 2.26. The van der Waals surface area contributed by atoms with Gasteiger partial charge in [0.15, 0.2) is 12.4 Å². The van der Waals surface area contributed by atoms with Crippen LogP contribution in [0.5, 0.6) is 11.5 Å². The summed E-state index contributed by atoms with van der Waals surface area (Å²) in [6.07, 6.45) is -0.217. The number of carbonyl (C=O) groups is 3. The topological polar surface area (TPSA) is 108 Å². The number of benzene rings is 3. The number of Topliss-reactive ketones (excluding diaryl/α,β-unsaturated/α-hetero) is 1. The molecule has 3 aromatic carbocycles. The summed E-state index contributed by atoms with van der Waals surface area (Å²) in [6, 6.07) is 20.8. The number of carbonyl (C=O) groups excluding carboxylic acids is 3. The van der Waals surface area contributed by atoms with E-state index in [1.807, 2.05) is 18.2 Å². The zero-order valence-electron chi connectivity index (χ0n) is 17.0. The van der Waals surface area contributed by atoms with Crippen LogP contribution < -0.4 is 15.8 Å². The summed E-state index contributed by atoms with van der Waals surface area (Å²) in [5.74, 6) is 0.133. The number of primary amides is 1. The van der Waals surface area contributed by atoms with Crippen LogP contribution in [0, 0.1) is 0 Å². The van der Waals surface area contributed by atoms with E-state index in [-0.39, 0.29) is 12.2 Å². The predicted molar refractivity (Wildman–Crippen MR) is 120 cm³/mol. The fraction of sp³-hybridized carbons (Fsp3) is 0.125. The second kappa shape index (κ2) is 11.0. The van der Waals surface area contributed by atoms with Gasteiger partial charge in [-0.3, -0.25) is 9.59 Å². The SMILES string of the molecule is NC(=O)N[C@@H](CC(=O)OCC(=O)c1ccc(Cl)cc1)c1cccc(Oc2ccccc2)c1. The highest BCUT2D eigenvalue weighted by Gasteiger charge is 2.20. The van der Waals surface area contributed by atoms with Gasteiger partial charge in [-0.1, -0.05) is 41.9 Å². The molecule has 0 fully saturated rings. The van der Waals surface area contributed by atoms with Gasteiger partial charge < -0.3 is 20.5 Å². The zero-order valence-corrected chi connectivity index (χ0v) is 17.7. The molecule has 7 nitrogen and oxygen atoms in total. The molecule has 0 saturated carbocycles. The number of para-hydroxylation sites is 1. The van der Waals surface area contributed by atoms with Crippen molar-refractivity contribution in [2.24, 2.45) is 5.73 Å². The molecule has 0 aromatic heterocycles. The third-order valence-corrected chi connectivity index (χ3v) is 4.71. The Labute approximate surface area is 190 Å². The maximum Gasteiger partial charge on any atom is 0.312 e. The van der Waals surface area contributed by atoms with Gasteiger partial charge in [0.25, 0.3) is 0 Å². The minimum Gasteiger partial charge on any atom is -0.457 e. The fourth-order valence-corrected chi connectivity index (χ4v) is 3.06. The average molecular weight is 453 g/mol. The molecule has 2 amide bonds. The normalized spacial score (nSPS) is 11.3. The van der Waals surface area contributed by atoms with Crippen molar-refractivity contribution < 1.29 is 23.9 Å². The molecule has 3 rings (SSSR count). The van der Waals surface area contributed by atoms with E-state index in [0.29, 0.717) is 27.6 Å². The molecule has 0 aliphatic carbocycles. The molecule has 1 atom stereocenters. The molecule has 3 N–H and O–H groups in total. The van der Waals surface area contributed by atoms with Crippen LogP contribution >= 0.6 is 11.6 Å². The van der Waals surface area contributed by atoms with Gasteiger partial charge in [0.2, 0.25) is 0 Å². The van der Waals surface area contributed by atoms with Crippen molar-refractivity contribution in [1.29, 1.82) is 0 Å². The van der Waals surface area contributed by atoms with E-state index in [1.165, 1.54) is 0 Å². The molecule has 8 heteroatoms. The lowest BCUT2D eigenvalue weighted by Crippen LogP contribution is -2.34. The van der Waals surface area contributed by atoms with Crippen LogP contribution in [0.1, 0.15) is 28.4 Å². The molecule has 0 aliphatic rings. The van der Waals surface area contributed by atoms with Gasteiger partial charge in [0.1, 0.15) is 11.5 Å². The van der Waals surface area contributed by atoms with E-state index in [0.717, 1.165) is 0 Å². The smallest absolute Gasteiger partial charge is 0.312 e. The third-order valence-electron chi connectivity index (χ3n) is 4.46. The first kappa shape index (κ1) is 22.8. The molecule has 0 heterocycles. The molecule has 0 spiro atoms. The standard InChI is InChI=1S/C24H21ClN2O5/c25-18-11-9-16(10-12-18)22(28)15-31-23(29)14-21(27-24(26)30)17-5-4-8-20(13-17)32-19-6-2-1-3-7-19/h1-13,21H,14-15H2,(H3,26,27,30)/t21-/m0/s1. The number of ether oxygens (including phenoxy) is 2. The van der Waals surface area contributed by atoms with Crippen molar-refractivity contribution in [3.63, 3.8) is 0 Å². The van der Waals surface area contributed by atoms with Gasteiger partial charge in [0, 0.05) is 10.6 Å². The Morgan fingerprint density at radius 2 is 1.59 bits per heavy atom. The van der Waals surface area contributed by atoms with E-state index < -0.39 is 24.6 Å². The molecule has 0 unspecified atom stereocenters. The first-order valence-electron chi connectivity index (χ1n) is 9.74. The van der Waals surface area contributed by atoms with Gasteiger partial charge in [-0.15, -0.1) is 0 Å². The van der Waals surface area contributed by atoms with Crippen molar-refractivity contribution in [3.8, 4) is 11.5 Å². The Kier molecular flexibility index (Phi) is 7.83. The minimum atomic E-state index is -0.797. The second-order valence-corrected chi connectivity index (χ2v) is 7.28. The van der Waals surface area contributed by atoms with E-state index in [4.69, 9.17) is 26.8 Å². The number of ketones is 1. The summed E-state index contributed by atoms with van der Waals surface area (Å²) in [4.78, 5) is 36.0. The van der Waals surface area contributed by atoms with Crippen molar-refractivity contribution in [2.75, 3.05) is 6.61 Å². The number of nitrogens with one attached hydrogen (secondary N) is 1. The Hall–Kier alpha value is -3.84. The van der Waals surface area contributed by atoms with Gasteiger partial charge in [0.05, 0.1) is 12.5 Å². The van der Waals surface area contributed by atoms with Crippen molar-refractivity contribution >= 4 is 29.4 Å². The van der Waals surface area contributed by atoms with Gasteiger partial charge in [-0.2, -0.15) is 0 Å². The number of hydrogen-bond acceptors (Lipinski definition) is 5. The summed E-state index contributed by atoms with van der Waals surface area (Å²) in [5, 5.41) is 3.02. The van der Waals surface area contributed by atoms with E-state index in [1.54, 1.807) is 60.7 Å². The minimum absolute atomic E-state index is 0.217. The predicted octanol–water partition coefficient (Wildman–Crippen LogP) is 4.66. The Balaban J connectivity index is 1.65. The maximum absolute atomic E-state index is 12.4. The first-order valence-corrected chi connectivity index (χ1v) is 10.1. The molecule has 0 radical (unpaired) electrons. The van der Waals surface area contributed by atoms with Crippen molar-refractivity contribution in [2.45, 2.75) is 12.5 Å². The Morgan fingerprint density at radius 3 is 2.28 bits per heavy atom. The highest BCUT2D eigenvalue weighted by atomic mass is 35.5. The van der Waals surface area contributed by atoms with Crippen LogP contribution in [-0.2, 0) is 9.53 Å². The lowest BCUT2D eigenvalue weighted by molar-refractivity contribution is -0.143. The Morgan fingerprint density at radius 1 is 0.906 bits per heavy atom. The van der Waals surface area contributed by atoms with Crippen molar-refractivity contribution in [1.82, 2.24) is 5.32 Å². The van der Waals surface area contributed by atoms with Crippen LogP contribution in [-0.4, -0.2) is 24.4 Å². The summed E-state index contributed by atoms with van der Waals surface area (Å²) in [5.41, 5.74) is 6.25. The number of hydrogen-bond donors (Lipinski definition) is 2. The number of urea groups is 1. The van der Waals surface area contributed by atoms with Gasteiger partial charge in [-0.05, 0) is 54.1 Å². The average Bonchev–Trinajstić information content (AvgIpc) is 2.78. The van der Waals surface area contributed by atoms with Crippen molar-refractivity contribution in [3.05, 3.63) is 95.0 Å². The van der Waals surface area contributed by atoms with Crippen LogP contribution in [0.15, 0.2) is 78.9 Å². The van der Waals surface area contributed by atoms with E-state index in [2.05, 4.69) is 5.32 Å². The largest absolute Gasteiger partial charge is 0.457 e. The quantitative estimate of drug-likeness (QED) is 0.362. The summed E-state index contributed by atoms with van der Waals surface area (Å²) in [7, 11) is 0.